The fourth-order valence-electron chi connectivity index (χ4n) is 2.08. The van der Waals surface area contributed by atoms with Crippen LogP contribution in [0.4, 0.5) is 0 Å². The maximum Gasteiger partial charge on any atom is 0.271 e. The van der Waals surface area contributed by atoms with Gasteiger partial charge in [0.25, 0.3) is 5.91 Å². The summed E-state index contributed by atoms with van der Waals surface area (Å²) in [6.07, 6.45) is 1.57. The van der Waals surface area contributed by atoms with Crippen molar-refractivity contribution >= 4 is 12.1 Å². The van der Waals surface area contributed by atoms with Gasteiger partial charge < -0.3 is 14.2 Å². The van der Waals surface area contributed by atoms with Crippen LogP contribution in [0.5, 0.6) is 17.2 Å². The third-order valence-corrected chi connectivity index (χ3v) is 3.21. The van der Waals surface area contributed by atoms with Crippen molar-refractivity contribution in [1.82, 2.24) is 5.43 Å². The van der Waals surface area contributed by atoms with Crippen LogP contribution in [0.3, 0.4) is 0 Å². The summed E-state index contributed by atoms with van der Waals surface area (Å²) < 4.78 is 15.8. The van der Waals surface area contributed by atoms with Gasteiger partial charge in [-0.05, 0) is 55.0 Å². The molecular formula is C17H16N2O4. The molecule has 3 rings (SSSR count). The standard InChI is InChI=1S/C17H16N2O4/c1-2-21-14-6-3-12(4-7-14)10-18-19-17(20)13-5-8-15-16(9-13)23-11-22-15/h3-10H,2,11H2,1H3,(H,19,20). The highest BCUT2D eigenvalue weighted by molar-refractivity contribution is 5.95. The van der Waals surface area contributed by atoms with E-state index >= 15 is 0 Å². The molecule has 0 spiro atoms. The van der Waals surface area contributed by atoms with Crippen molar-refractivity contribution in [2.45, 2.75) is 6.92 Å². The molecule has 0 saturated heterocycles. The first-order valence-electron chi connectivity index (χ1n) is 7.22. The summed E-state index contributed by atoms with van der Waals surface area (Å²) in [5, 5.41) is 3.95. The van der Waals surface area contributed by atoms with E-state index in [2.05, 4.69) is 10.5 Å². The van der Waals surface area contributed by atoms with Gasteiger partial charge in [0.2, 0.25) is 6.79 Å². The van der Waals surface area contributed by atoms with Gasteiger partial charge in [-0.3, -0.25) is 4.79 Å². The highest BCUT2D eigenvalue weighted by Gasteiger charge is 2.15. The Hall–Kier alpha value is -3.02. The van der Waals surface area contributed by atoms with E-state index in [1.165, 1.54) is 0 Å². The first kappa shape index (κ1) is 14.9. The molecule has 118 valence electrons. The van der Waals surface area contributed by atoms with Crippen molar-refractivity contribution < 1.29 is 19.0 Å². The minimum absolute atomic E-state index is 0.177. The normalized spacial score (nSPS) is 12.4. The van der Waals surface area contributed by atoms with E-state index in [-0.39, 0.29) is 12.7 Å². The lowest BCUT2D eigenvalue weighted by atomic mass is 10.2. The lowest BCUT2D eigenvalue weighted by Crippen LogP contribution is -2.17. The fraction of sp³-hybridized carbons (Fsp3) is 0.176. The van der Waals surface area contributed by atoms with Crippen molar-refractivity contribution in [2.75, 3.05) is 13.4 Å². The highest BCUT2D eigenvalue weighted by Crippen LogP contribution is 2.32. The highest BCUT2D eigenvalue weighted by atomic mass is 16.7. The van der Waals surface area contributed by atoms with E-state index in [1.54, 1.807) is 24.4 Å². The predicted octanol–water partition coefficient (Wildman–Crippen LogP) is 2.58. The Labute approximate surface area is 133 Å². The summed E-state index contributed by atoms with van der Waals surface area (Å²) in [4.78, 5) is 12.0. The van der Waals surface area contributed by atoms with E-state index in [0.717, 1.165) is 11.3 Å². The molecule has 2 aromatic rings. The molecule has 1 aliphatic rings. The second kappa shape index (κ2) is 6.83. The number of ether oxygens (including phenoxy) is 3. The smallest absolute Gasteiger partial charge is 0.271 e. The van der Waals surface area contributed by atoms with Crippen LogP contribution in [-0.2, 0) is 0 Å². The second-order valence-electron chi connectivity index (χ2n) is 4.77. The van der Waals surface area contributed by atoms with Crippen LogP contribution in [0.25, 0.3) is 0 Å². The van der Waals surface area contributed by atoms with Crippen molar-refractivity contribution in [3.63, 3.8) is 0 Å². The molecule has 0 bridgehead atoms. The second-order valence-corrected chi connectivity index (χ2v) is 4.77. The summed E-state index contributed by atoms with van der Waals surface area (Å²) in [5.41, 5.74) is 3.80. The Morgan fingerprint density at radius 1 is 1.22 bits per heavy atom. The monoisotopic (exact) mass is 312 g/mol. The number of fused-ring (bicyclic) bond motifs is 1. The fourth-order valence-corrected chi connectivity index (χ4v) is 2.08. The molecule has 1 heterocycles. The van der Waals surface area contributed by atoms with Crippen LogP contribution < -0.4 is 19.6 Å². The Balaban J connectivity index is 1.60. The average Bonchev–Trinajstić information content (AvgIpc) is 3.04. The van der Waals surface area contributed by atoms with E-state index in [0.29, 0.717) is 23.7 Å². The lowest BCUT2D eigenvalue weighted by molar-refractivity contribution is 0.0954. The van der Waals surface area contributed by atoms with Crippen LogP contribution >= 0.6 is 0 Å². The van der Waals surface area contributed by atoms with E-state index < -0.39 is 0 Å². The number of nitrogens with one attached hydrogen (secondary N) is 1. The zero-order valence-electron chi connectivity index (χ0n) is 12.6. The van der Waals surface area contributed by atoms with Crippen LogP contribution in [0.2, 0.25) is 0 Å². The summed E-state index contributed by atoms with van der Waals surface area (Å²) >= 11 is 0. The SMILES string of the molecule is CCOc1ccc(C=NNC(=O)c2ccc3c(c2)OCO3)cc1. The first-order valence-corrected chi connectivity index (χ1v) is 7.22. The molecule has 0 saturated carbocycles. The zero-order valence-corrected chi connectivity index (χ0v) is 12.6. The van der Waals surface area contributed by atoms with Gasteiger partial charge in [-0.15, -0.1) is 0 Å². The van der Waals surface area contributed by atoms with Crippen LogP contribution in [0.1, 0.15) is 22.8 Å². The molecular weight excluding hydrogens is 296 g/mol. The summed E-state index contributed by atoms with van der Waals surface area (Å²) in [6.45, 7) is 2.73. The largest absolute Gasteiger partial charge is 0.494 e. The third-order valence-electron chi connectivity index (χ3n) is 3.21. The molecule has 0 atom stereocenters. The molecule has 6 nitrogen and oxygen atoms in total. The molecule has 6 heteroatoms. The van der Waals surface area contributed by atoms with Gasteiger partial charge in [0.1, 0.15) is 5.75 Å². The summed E-state index contributed by atoms with van der Waals surface area (Å²) in [6, 6.07) is 12.4. The number of rotatable bonds is 5. The number of hydrogen-bond donors (Lipinski definition) is 1. The van der Waals surface area contributed by atoms with Crippen molar-refractivity contribution in [2.24, 2.45) is 5.10 Å². The molecule has 1 amide bonds. The number of carbonyl (C=O) groups excluding carboxylic acids is 1. The van der Waals surface area contributed by atoms with Gasteiger partial charge in [-0.1, -0.05) is 0 Å². The molecule has 0 aromatic heterocycles. The van der Waals surface area contributed by atoms with Crippen LogP contribution in [-0.4, -0.2) is 25.5 Å². The first-order chi connectivity index (χ1) is 11.3. The average molecular weight is 312 g/mol. The van der Waals surface area contributed by atoms with Crippen molar-refractivity contribution in [3.8, 4) is 17.2 Å². The number of nitrogens with zero attached hydrogens (tertiary/aromatic N) is 1. The van der Waals surface area contributed by atoms with E-state index in [9.17, 15) is 4.79 Å². The Kier molecular flexibility index (Phi) is 4.42. The molecule has 0 fully saturated rings. The van der Waals surface area contributed by atoms with Crippen molar-refractivity contribution in [1.29, 1.82) is 0 Å². The number of hydrazone groups is 1. The minimum Gasteiger partial charge on any atom is -0.494 e. The molecule has 23 heavy (non-hydrogen) atoms. The van der Waals surface area contributed by atoms with Crippen LogP contribution in [0, 0.1) is 0 Å². The van der Waals surface area contributed by atoms with Gasteiger partial charge in [-0.25, -0.2) is 5.43 Å². The topological polar surface area (TPSA) is 69.2 Å². The Bertz CT molecular complexity index is 726. The number of hydrogen-bond acceptors (Lipinski definition) is 5. The third kappa shape index (κ3) is 3.60. The van der Waals surface area contributed by atoms with Gasteiger partial charge in [0.05, 0.1) is 12.8 Å². The maximum atomic E-state index is 12.0. The van der Waals surface area contributed by atoms with Gasteiger partial charge in [0, 0.05) is 5.56 Å². The zero-order chi connectivity index (χ0) is 16.1. The van der Waals surface area contributed by atoms with Gasteiger partial charge in [-0.2, -0.15) is 5.10 Å². The van der Waals surface area contributed by atoms with Gasteiger partial charge in [0.15, 0.2) is 11.5 Å². The lowest BCUT2D eigenvalue weighted by Gasteiger charge is -2.03. The molecule has 0 aliphatic carbocycles. The number of amides is 1. The molecule has 0 radical (unpaired) electrons. The number of benzene rings is 2. The molecule has 1 aliphatic heterocycles. The summed E-state index contributed by atoms with van der Waals surface area (Å²) in [5.74, 6) is 1.69. The van der Waals surface area contributed by atoms with Crippen LogP contribution in [0.15, 0.2) is 47.6 Å². The minimum atomic E-state index is -0.314. The summed E-state index contributed by atoms with van der Waals surface area (Å²) in [7, 11) is 0. The number of carbonyl (C=O) groups is 1. The molecule has 0 unspecified atom stereocenters. The van der Waals surface area contributed by atoms with Gasteiger partial charge >= 0.3 is 0 Å². The molecule has 2 aromatic carbocycles. The van der Waals surface area contributed by atoms with Crippen molar-refractivity contribution in [3.05, 3.63) is 53.6 Å². The van der Waals surface area contributed by atoms with E-state index in [1.807, 2.05) is 31.2 Å². The molecule has 1 N–H and O–H groups in total. The Morgan fingerprint density at radius 2 is 2.00 bits per heavy atom. The maximum absolute atomic E-state index is 12.0. The predicted molar refractivity (Wildman–Crippen MR) is 85.2 cm³/mol. The quantitative estimate of drug-likeness (QED) is 0.680. The Morgan fingerprint density at radius 3 is 2.78 bits per heavy atom. The van der Waals surface area contributed by atoms with E-state index in [4.69, 9.17) is 14.2 Å².